The summed E-state index contributed by atoms with van der Waals surface area (Å²) in [5.41, 5.74) is 0.149. The monoisotopic (exact) mass is 428 g/mol. The molecule has 0 aliphatic carbocycles. The van der Waals surface area contributed by atoms with Gasteiger partial charge < -0.3 is 18.9 Å². The van der Waals surface area contributed by atoms with Crippen LogP contribution in [0.2, 0.25) is 5.02 Å². The molecule has 2 heterocycles. The summed E-state index contributed by atoms with van der Waals surface area (Å²) in [5.74, 6) is 0.949. The molecule has 1 saturated heterocycles. The van der Waals surface area contributed by atoms with Gasteiger partial charge in [-0.3, -0.25) is 0 Å². The van der Waals surface area contributed by atoms with Crippen LogP contribution in [-0.4, -0.2) is 41.4 Å². The van der Waals surface area contributed by atoms with Crippen molar-refractivity contribution in [3.8, 4) is 17.4 Å². The fourth-order valence-electron chi connectivity index (χ4n) is 3.41. The summed E-state index contributed by atoms with van der Waals surface area (Å²) in [5, 5.41) is 0.600. The first kappa shape index (κ1) is 20.4. The normalized spacial score (nSPS) is 18.0. The van der Waals surface area contributed by atoms with Crippen LogP contribution < -0.4 is 9.47 Å². The van der Waals surface area contributed by atoms with Gasteiger partial charge in [-0.1, -0.05) is 11.6 Å². The van der Waals surface area contributed by atoms with Crippen LogP contribution in [0, 0.1) is 0 Å². The molecule has 0 N–H and O–H groups in total. The average Bonchev–Trinajstić information content (AvgIpc) is 3.30. The van der Waals surface area contributed by atoms with Gasteiger partial charge in [-0.25, -0.2) is 14.8 Å². The minimum Gasteiger partial charge on any atom is -0.473 e. The highest BCUT2D eigenvalue weighted by atomic mass is 35.5. The zero-order valence-electron chi connectivity index (χ0n) is 16.6. The third-order valence-electron chi connectivity index (χ3n) is 4.99. The van der Waals surface area contributed by atoms with Gasteiger partial charge in [-0.05, 0) is 62.2 Å². The molecule has 2 unspecified atom stereocenters. The Hall–Kier alpha value is -2.90. The van der Waals surface area contributed by atoms with Gasteiger partial charge in [0.2, 0.25) is 11.5 Å². The Kier molecular flexibility index (Phi) is 5.74. The smallest absolute Gasteiger partial charge is 0.352 e. The molecule has 0 amide bonds. The van der Waals surface area contributed by atoms with E-state index in [0.29, 0.717) is 40.0 Å². The van der Waals surface area contributed by atoms with Crippen molar-refractivity contribution in [3.63, 3.8) is 0 Å². The largest absolute Gasteiger partial charge is 0.473 e. The van der Waals surface area contributed by atoms with Crippen molar-refractivity contribution < 1.29 is 23.7 Å². The molecule has 1 aliphatic rings. The number of hydrogen-bond donors (Lipinski definition) is 0. The summed E-state index contributed by atoms with van der Waals surface area (Å²) < 4.78 is 22.4. The van der Waals surface area contributed by atoms with Crippen molar-refractivity contribution in [2.24, 2.45) is 0 Å². The van der Waals surface area contributed by atoms with Gasteiger partial charge in [-0.15, -0.1) is 0 Å². The summed E-state index contributed by atoms with van der Waals surface area (Å²) in [7, 11) is 1.34. The lowest BCUT2D eigenvalue weighted by molar-refractivity contribution is -0.168. The highest BCUT2D eigenvalue weighted by Gasteiger charge is 2.47. The molecule has 2 aromatic carbocycles. The van der Waals surface area contributed by atoms with E-state index < -0.39 is 11.6 Å². The van der Waals surface area contributed by atoms with Crippen LogP contribution in [0.3, 0.4) is 0 Å². The Morgan fingerprint density at radius 3 is 2.63 bits per heavy atom. The van der Waals surface area contributed by atoms with Crippen LogP contribution in [0.5, 0.6) is 17.4 Å². The molecular weight excluding hydrogens is 408 g/mol. The number of halogens is 1. The van der Waals surface area contributed by atoms with E-state index in [1.807, 2.05) is 0 Å². The zero-order chi connectivity index (χ0) is 21.1. The molecule has 0 saturated carbocycles. The van der Waals surface area contributed by atoms with Crippen LogP contribution in [0.25, 0.3) is 11.0 Å². The Bertz CT molecular complexity index is 1050. The summed E-state index contributed by atoms with van der Waals surface area (Å²) in [6.07, 6.45) is 2.79. The number of aromatic nitrogens is 2. The first-order valence-electron chi connectivity index (χ1n) is 9.57. The van der Waals surface area contributed by atoms with Crippen LogP contribution in [0.4, 0.5) is 0 Å². The van der Waals surface area contributed by atoms with E-state index in [0.717, 1.165) is 12.8 Å². The Balaban J connectivity index is 1.49. The number of rotatable bonds is 6. The summed E-state index contributed by atoms with van der Waals surface area (Å²) in [6, 6.07) is 12.2. The van der Waals surface area contributed by atoms with E-state index in [9.17, 15) is 4.79 Å². The fraction of sp³-hybridized carbons (Fsp3) is 0.318. The number of nitrogens with zero attached hydrogens (tertiary/aromatic N) is 2. The molecule has 156 valence electrons. The second-order valence-corrected chi connectivity index (χ2v) is 7.55. The SMILES string of the molecule is COC(=O)C(C)(Oc1ccc(Oc2cnc3cc(Cl)ccc3n2)cc1)C1CCCO1. The lowest BCUT2D eigenvalue weighted by Gasteiger charge is -2.32. The fourth-order valence-corrected chi connectivity index (χ4v) is 3.58. The molecule has 1 aliphatic heterocycles. The molecule has 30 heavy (non-hydrogen) atoms. The first-order valence-corrected chi connectivity index (χ1v) is 9.95. The van der Waals surface area contributed by atoms with Crippen LogP contribution in [0.1, 0.15) is 19.8 Å². The minimum absolute atomic E-state index is 0.359. The lowest BCUT2D eigenvalue weighted by atomic mass is 9.96. The number of ether oxygens (including phenoxy) is 4. The Morgan fingerprint density at radius 1 is 1.17 bits per heavy atom. The quantitative estimate of drug-likeness (QED) is 0.532. The molecule has 1 fully saturated rings. The second kappa shape index (κ2) is 8.45. The molecule has 3 aromatic rings. The number of benzene rings is 2. The number of fused-ring (bicyclic) bond motifs is 1. The predicted molar refractivity (Wildman–Crippen MR) is 111 cm³/mol. The molecule has 2 atom stereocenters. The van der Waals surface area contributed by atoms with E-state index in [2.05, 4.69) is 9.97 Å². The van der Waals surface area contributed by atoms with Gasteiger partial charge in [-0.2, -0.15) is 0 Å². The van der Waals surface area contributed by atoms with Crippen molar-refractivity contribution in [1.82, 2.24) is 9.97 Å². The highest BCUT2D eigenvalue weighted by Crippen LogP contribution is 2.32. The molecule has 0 spiro atoms. The van der Waals surface area contributed by atoms with Gasteiger partial charge in [0.15, 0.2) is 0 Å². The van der Waals surface area contributed by atoms with Crippen molar-refractivity contribution in [1.29, 1.82) is 0 Å². The first-order chi connectivity index (χ1) is 14.5. The molecule has 8 heteroatoms. The van der Waals surface area contributed by atoms with Crippen molar-refractivity contribution in [2.45, 2.75) is 31.5 Å². The number of carbonyl (C=O) groups excluding carboxylic acids is 1. The number of hydrogen-bond acceptors (Lipinski definition) is 7. The zero-order valence-corrected chi connectivity index (χ0v) is 17.4. The van der Waals surface area contributed by atoms with Crippen LogP contribution >= 0.6 is 11.6 Å². The van der Waals surface area contributed by atoms with Crippen LogP contribution in [0.15, 0.2) is 48.7 Å². The second-order valence-electron chi connectivity index (χ2n) is 7.12. The Labute approximate surface area is 178 Å². The third-order valence-corrected chi connectivity index (χ3v) is 5.23. The topological polar surface area (TPSA) is 79.8 Å². The van der Waals surface area contributed by atoms with Gasteiger partial charge in [0.05, 0.1) is 24.3 Å². The maximum atomic E-state index is 12.4. The number of methoxy groups -OCH3 is 1. The molecular formula is C22H21ClN2O5. The van der Waals surface area contributed by atoms with E-state index in [-0.39, 0.29) is 6.10 Å². The van der Waals surface area contributed by atoms with E-state index in [1.165, 1.54) is 13.3 Å². The van der Waals surface area contributed by atoms with Crippen molar-refractivity contribution in [2.75, 3.05) is 13.7 Å². The summed E-state index contributed by atoms with van der Waals surface area (Å²) in [4.78, 5) is 21.1. The van der Waals surface area contributed by atoms with Gasteiger partial charge in [0, 0.05) is 11.6 Å². The highest BCUT2D eigenvalue weighted by molar-refractivity contribution is 6.31. The molecule has 1 aromatic heterocycles. The average molecular weight is 429 g/mol. The number of carbonyl (C=O) groups is 1. The standard InChI is InChI=1S/C22H21ClN2O5/c1-22(21(26)27-2,19-4-3-11-28-19)30-16-8-6-15(7-9-16)29-20-13-24-18-12-14(23)5-10-17(18)25-20/h5-10,12-13,19H,3-4,11H2,1-2H3. The van der Waals surface area contributed by atoms with E-state index in [1.54, 1.807) is 49.4 Å². The maximum absolute atomic E-state index is 12.4. The minimum atomic E-state index is -1.22. The lowest BCUT2D eigenvalue weighted by Crippen LogP contribution is -2.52. The summed E-state index contributed by atoms with van der Waals surface area (Å²) >= 11 is 5.97. The van der Waals surface area contributed by atoms with E-state index >= 15 is 0 Å². The molecule has 7 nitrogen and oxygen atoms in total. The third kappa shape index (κ3) is 4.17. The summed E-state index contributed by atoms with van der Waals surface area (Å²) in [6.45, 7) is 2.29. The Morgan fingerprint density at radius 2 is 1.93 bits per heavy atom. The van der Waals surface area contributed by atoms with Crippen LogP contribution in [-0.2, 0) is 14.3 Å². The van der Waals surface area contributed by atoms with Gasteiger partial charge in [0.25, 0.3) is 0 Å². The van der Waals surface area contributed by atoms with E-state index in [4.69, 9.17) is 30.5 Å². The number of esters is 1. The predicted octanol–water partition coefficient (Wildman–Crippen LogP) is 4.57. The maximum Gasteiger partial charge on any atom is 0.352 e. The van der Waals surface area contributed by atoms with Gasteiger partial charge in [0.1, 0.15) is 17.6 Å². The molecule has 0 radical (unpaired) electrons. The van der Waals surface area contributed by atoms with Crippen molar-refractivity contribution >= 4 is 28.6 Å². The van der Waals surface area contributed by atoms with Gasteiger partial charge >= 0.3 is 5.97 Å². The molecule has 0 bridgehead atoms. The van der Waals surface area contributed by atoms with Crippen molar-refractivity contribution in [3.05, 3.63) is 53.7 Å². The molecule has 4 rings (SSSR count).